The fourth-order valence-electron chi connectivity index (χ4n) is 2.49. The van der Waals surface area contributed by atoms with Crippen LogP contribution in [0.2, 0.25) is 0 Å². The average Bonchev–Trinajstić information content (AvgIpc) is 3.02. The van der Waals surface area contributed by atoms with Crippen LogP contribution >= 0.6 is 11.8 Å². The van der Waals surface area contributed by atoms with Gasteiger partial charge in [-0.05, 0) is 39.0 Å². The molecule has 8 nitrogen and oxygen atoms in total. The second-order valence-electron chi connectivity index (χ2n) is 5.74. The summed E-state index contributed by atoms with van der Waals surface area (Å²) >= 11 is 1.45. The van der Waals surface area contributed by atoms with Crippen LogP contribution in [0.3, 0.4) is 0 Å². The Morgan fingerprint density at radius 2 is 2.12 bits per heavy atom. The lowest BCUT2D eigenvalue weighted by molar-refractivity contribution is -0.154. The van der Waals surface area contributed by atoms with Crippen molar-refractivity contribution >= 4 is 29.4 Å². The van der Waals surface area contributed by atoms with Gasteiger partial charge in [0, 0.05) is 24.4 Å². The first-order valence-electron chi connectivity index (χ1n) is 8.22. The smallest absolute Gasteiger partial charge is 0.306 e. The zero-order valence-electron chi connectivity index (χ0n) is 15.4. The summed E-state index contributed by atoms with van der Waals surface area (Å²) in [6.45, 7) is 9.20. The van der Waals surface area contributed by atoms with Crippen molar-refractivity contribution in [2.75, 3.05) is 12.8 Å². The van der Waals surface area contributed by atoms with Gasteiger partial charge in [-0.2, -0.15) is 4.98 Å². The fourth-order valence-corrected chi connectivity index (χ4v) is 2.83. The van der Waals surface area contributed by atoms with E-state index in [0.717, 1.165) is 17.0 Å². The number of aromatic nitrogens is 4. The van der Waals surface area contributed by atoms with Crippen molar-refractivity contribution in [2.24, 2.45) is 0 Å². The summed E-state index contributed by atoms with van der Waals surface area (Å²) in [6, 6.07) is 0. The molecule has 1 atom stereocenters. The molecule has 0 fully saturated rings. The Kier molecular flexibility index (Phi) is 6.73. The molecule has 0 spiro atoms. The molecule has 0 aromatic carbocycles. The van der Waals surface area contributed by atoms with Crippen molar-refractivity contribution in [2.45, 2.75) is 44.9 Å². The van der Waals surface area contributed by atoms with Gasteiger partial charge in [0.2, 0.25) is 5.16 Å². The van der Waals surface area contributed by atoms with Crippen LogP contribution in [0.5, 0.6) is 0 Å². The van der Waals surface area contributed by atoms with Crippen LogP contribution < -0.4 is 5.32 Å². The largest absolute Gasteiger partial charge is 0.453 e. The SMILES string of the molecule is C=CCNC(=O)[C@@H](C)OC(=O)CCc1c(C)nc2nc(SC)nn2c1C. The number of nitrogens with zero attached hydrogens (tertiary/aromatic N) is 4. The molecule has 2 aromatic rings. The Labute approximate surface area is 156 Å². The molecule has 0 saturated heterocycles. The van der Waals surface area contributed by atoms with Crippen LogP contribution in [0.4, 0.5) is 0 Å². The fraction of sp³-hybridized carbons (Fsp3) is 0.471. The molecule has 0 aliphatic rings. The summed E-state index contributed by atoms with van der Waals surface area (Å²) in [6.07, 6.45) is 3.23. The number of amides is 1. The molecular weight excluding hydrogens is 354 g/mol. The molecule has 140 valence electrons. The highest BCUT2D eigenvalue weighted by atomic mass is 32.2. The standard InChI is InChI=1S/C17H23N5O3S/c1-6-9-18-15(24)12(4)25-14(23)8-7-13-10(2)19-16-20-17(26-5)21-22(16)11(13)3/h6,12H,1,7-9H2,2-5H3,(H,18,24)/t12-/m1/s1. The summed E-state index contributed by atoms with van der Waals surface area (Å²) in [5, 5.41) is 7.63. The molecule has 2 heterocycles. The lowest BCUT2D eigenvalue weighted by atomic mass is 10.1. The zero-order valence-corrected chi connectivity index (χ0v) is 16.2. The second kappa shape index (κ2) is 8.79. The second-order valence-corrected chi connectivity index (χ2v) is 6.51. The minimum Gasteiger partial charge on any atom is -0.453 e. The quantitative estimate of drug-likeness (QED) is 0.424. The van der Waals surface area contributed by atoms with Crippen LogP contribution in [0, 0.1) is 13.8 Å². The molecule has 2 aromatic heterocycles. The number of rotatable bonds is 8. The van der Waals surface area contributed by atoms with Crippen molar-refractivity contribution in [1.82, 2.24) is 24.9 Å². The van der Waals surface area contributed by atoms with Crippen LogP contribution in [-0.4, -0.2) is 50.4 Å². The number of fused-ring (bicyclic) bond motifs is 1. The maximum absolute atomic E-state index is 12.1. The third kappa shape index (κ3) is 4.60. The van der Waals surface area contributed by atoms with Crippen molar-refractivity contribution in [3.05, 3.63) is 29.6 Å². The highest BCUT2D eigenvalue weighted by molar-refractivity contribution is 7.98. The average molecular weight is 377 g/mol. The molecule has 0 unspecified atom stereocenters. The number of carbonyl (C=O) groups is 2. The van der Waals surface area contributed by atoms with Gasteiger partial charge >= 0.3 is 5.97 Å². The predicted molar refractivity (Wildman–Crippen MR) is 99.1 cm³/mol. The Morgan fingerprint density at radius 3 is 2.77 bits per heavy atom. The molecule has 1 N–H and O–H groups in total. The topological polar surface area (TPSA) is 98.5 Å². The minimum absolute atomic E-state index is 0.151. The molecule has 9 heteroatoms. The third-order valence-corrected chi connectivity index (χ3v) is 4.43. The molecule has 0 aliphatic heterocycles. The lowest BCUT2D eigenvalue weighted by Gasteiger charge is -2.14. The molecule has 0 aliphatic carbocycles. The molecule has 0 bridgehead atoms. The normalized spacial score (nSPS) is 12.0. The van der Waals surface area contributed by atoms with Gasteiger partial charge in [0.05, 0.1) is 0 Å². The van der Waals surface area contributed by atoms with Gasteiger partial charge in [-0.25, -0.2) is 9.50 Å². The van der Waals surface area contributed by atoms with E-state index in [2.05, 4.69) is 27.0 Å². The summed E-state index contributed by atoms with van der Waals surface area (Å²) in [7, 11) is 0. The number of nitrogens with one attached hydrogen (secondary N) is 1. The predicted octanol–water partition coefficient (Wildman–Crippen LogP) is 1.63. The van der Waals surface area contributed by atoms with E-state index in [1.807, 2.05) is 20.1 Å². The molecule has 0 radical (unpaired) electrons. The van der Waals surface area contributed by atoms with Crippen molar-refractivity contribution in [3.63, 3.8) is 0 Å². The minimum atomic E-state index is -0.843. The molecular formula is C17H23N5O3S. The van der Waals surface area contributed by atoms with E-state index in [0.29, 0.717) is 23.9 Å². The summed E-state index contributed by atoms with van der Waals surface area (Å²) in [4.78, 5) is 32.6. The lowest BCUT2D eigenvalue weighted by Crippen LogP contribution is -2.35. The first-order valence-corrected chi connectivity index (χ1v) is 9.44. The summed E-state index contributed by atoms with van der Waals surface area (Å²) in [5.74, 6) is -0.238. The van der Waals surface area contributed by atoms with E-state index in [9.17, 15) is 9.59 Å². The number of ether oxygens (including phenoxy) is 1. The highest BCUT2D eigenvalue weighted by Crippen LogP contribution is 2.18. The van der Waals surface area contributed by atoms with Gasteiger partial charge < -0.3 is 10.1 Å². The summed E-state index contributed by atoms with van der Waals surface area (Å²) in [5.41, 5.74) is 2.63. The van der Waals surface area contributed by atoms with Gasteiger partial charge in [0.1, 0.15) is 0 Å². The Bertz CT molecular complexity index is 833. The van der Waals surface area contributed by atoms with E-state index in [-0.39, 0.29) is 12.3 Å². The Hall–Kier alpha value is -2.42. The van der Waals surface area contributed by atoms with Crippen molar-refractivity contribution < 1.29 is 14.3 Å². The van der Waals surface area contributed by atoms with Crippen LogP contribution in [0.25, 0.3) is 5.78 Å². The van der Waals surface area contributed by atoms with E-state index in [1.54, 1.807) is 17.5 Å². The van der Waals surface area contributed by atoms with E-state index in [4.69, 9.17) is 4.74 Å². The van der Waals surface area contributed by atoms with Crippen LogP contribution in [0.15, 0.2) is 17.8 Å². The van der Waals surface area contributed by atoms with Crippen molar-refractivity contribution in [1.29, 1.82) is 0 Å². The molecule has 1 amide bonds. The van der Waals surface area contributed by atoms with Gasteiger partial charge in [0.25, 0.3) is 11.7 Å². The maximum Gasteiger partial charge on any atom is 0.306 e. The van der Waals surface area contributed by atoms with E-state index >= 15 is 0 Å². The molecule has 26 heavy (non-hydrogen) atoms. The third-order valence-electron chi connectivity index (χ3n) is 3.89. The molecule has 2 rings (SSSR count). The number of thioether (sulfide) groups is 1. The number of carbonyl (C=O) groups excluding carboxylic acids is 2. The number of hydrogen-bond donors (Lipinski definition) is 1. The highest BCUT2D eigenvalue weighted by Gasteiger charge is 2.19. The van der Waals surface area contributed by atoms with Crippen LogP contribution in [-0.2, 0) is 20.7 Å². The number of esters is 1. The van der Waals surface area contributed by atoms with Gasteiger partial charge in [0.15, 0.2) is 6.10 Å². The van der Waals surface area contributed by atoms with Gasteiger partial charge in [-0.15, -0.1) is 11.7 Å². The van der Waals surface area contributed by atoms with Crippen molar-refractivity contribution in [3.8, 4) is 0 Å². The van der Waals surface area contributed by atoms with Crippen LogP contribution in [0.1, 0.15) is 30.3 Å². The zero-order chi connectivity index (χ0) is 19.3. The molecule has 0 saturated carbocycles. The Balaban J connectivity index is 2.03. The van der Waals surface area contributed by atoms with E-state index in [1.165, 1.54) is 11.8 Å². The first-order chi connectivity index (χ1) is 12.4. The van der Waals surface area contributed by atoms with Gasteiger partial charge in [-0.1, -0.05) is 17.8 Å². The first kappa shape index (κ1) is 19.9. The number of hydrogen-bond acceptors (Lipinski definition) is 7. The summed E-state index contributed by atoms with van der Waals surface area (Å²) < 4.78 is 6.86. The maximum atomic E-state index is 12.1. The van der Waals surface area contributed by atoms with Gasteiger partial charge in [-0.3, -0.25) is 9.59 Å². The van der Waals surface area contributed by atoms with E-state index < -0.39 is 12.1 Å². The number of aryl methyl sites for hydroxylation is 2. The monoisotopic (exact) mass is 377 g/mol. The Morgan fingerprint density at radius 1 is 1.38 bits per heavy atom.